The van der Waals surface area contributed by atoms with Crippen molar-refractivity contribution in [2.24, 2.45) is 0 Å². The van der Waals surface area contributed by atoms with Gasteiger partial charge in [0.25, 0.3) is 0 Å². The largest absolute Gasteiger partial charge is 0.210 e. The first-order valence-corrected chi connectivity index (χ1v) is 4.47. The second kappa shape index (κ2) is 5.55. The maximum atomic E-state index is 2.29. The van der Waals surface area contributed by atoms with Gasteiger partial charge in [-0.15, -0.1) is 0 Å². The van der Waals surface area contributed by atoms with Gasteiger partial charge in [0.2, 0.25) is 5.99 Å². The molecule has 0 bridgehead atoms. The smallest absolute Gasteiger partial charge is 0.206 e. The van der Waals surface area contributed by atoms with Crippen molar-refractivity contribution in [3.05, 3.63) is 0 Å². The number of rotatable bonds is 4. The van der Waals surface area contributed by atoms with E-state index in [2.05, 4.69) is 32.3 Å². The van der Waals surface area contributed by atoms with Crippen LogP contribution in [0.5, 0.6) is 0 Å². The zero-order valence-corrected chi connectivity index (χ0v) is 6.92. The van der Waals surface area contributed by atoms with E-state index in [4.69, 9.17) is 0 Å². The van der Waals surface area contributed by atoms with Crippen molar-refractivity contribution in [3.63, 3.8) is 0 Å². The molecule has 0 N–H and O–H groups in total. The van der Waals surface area contributed by atoms with Gasteiger partial charge in [0.1, 0.15) is 0 Å². The zero-order chi connectivity index (χ0) is 6.41. The van der Waals surface area contributed by atoms with Crippen molar-refractivity contribution in [2.75, 3.05) is 5.75 Å². The van der Waals surface area contributed by atoms with Gasteiger partial charge in [-0.2, -0.15) is 0 Å². The third-order valence-corrected chi connectivity index (χ3v) is 2.73. The van der Waals surface area contributed by atoms with E-state index >= 15 is 0 Å². The molecule has 48 valence electrons. The Morgan fingerprint density at radius 3 is 2.38 bits per heavy atom. The monoisotopic (exact) mass is 130 g/mol. The van der Waals surface area contributed by atoms with Gasteiger partial charge in [0, 0.05) is 0 Å². The van der Waals surface area contributed by atoms with E-state index in [9.17, 15) is 0 Å². The Bertz CT molecular complexity index is 47.8. The first-order valence-electron chi connectivity index (χ1n) is 3.42. The Kier molecular flexibility index (Phi) is 5.84. The minimum absolute atomic E-state index is 0.870. The van der Waals surface area contributed by atoms with Crippen molar-refractivity contribution in [1.82, 2.24) is 0 Å². The summed E-state index contributed by atoms with van der Waals surface area (Å²) < 4.78 is 0. The predicted molar refractivity (Wildman–Crippen MR) is 44.8 cm³/mol. The van der Waals surface area contributed by atoms with Crippen LogP contribution in [-0.4, -0.2) is 11.7 Å². The lowest BCUT2D eigenvalue weighted by atomic mass is 9.77. The summed E-state index contributed by atoms with van der Waals surface area (Å²) in [6.07, 6.45) is 2.62. The second-order valence-electron chi connectivity index (χ2n) is 2.09. The minimum Gasteiger partial charge on any atom is -0.210 e. The Labute approximate surface area is 57.4 Å². The standard InChI is InChI=1S/C6H15BS/c1-4-6-8-7(3)5-2/h4-6H2,1-3H3. The molecule has 0 amide bonds. The fraction of sp³-hybridized carbons (Fsp3) is 1.00. The van der Waals surface area contributed by atoms with E-state index in [1.54, 1.807) is 0 Å². The van der Waals surface area contributed by atoms with Crippen molar-refractivity contribution in [2.45, 2.75) is 33.4 Å². The van der Waals surface area contributed by atoms with E-state index in [0.29, 0.717) is 0 Å². The van der Waals surface area contributed by atoms with Gasteiger partial charge < -0.3 is 0 Å². The van der Waals surface area contributed by atoms with Crippen molar-refractivity contribution >= 4 is 17.6 Å². The summed E-state index contributed by atoms with van der Waals surface area (Å²) in [5.74, 6) is 2.20. The van der Waals surface area contributed by atoms with Crippen LogP contribution in [-0.2, 0) is 0 Å². The molecule has 0 rings (SSSR count). The highest BCUT2D eigenvalue weighted by Crippen LogP contribution is 2.10. The number of hydrogen-bond acceptors (Lipinski definition) is 1. The predicted octanol–water partition coefficient (Wildman–Crippen LogP) is 2.77. The van der Waals surface area contributed by atoms with Crippen molar-refractivity contribution in [1.29, 1.82) is 0 Å². The van der Waals surface area contributed by atoms with Gasteiger partial charge in [0.15, 0.2) is 0 Å². The van der Waals surface area contributed by atoms with Gasteiger partial charge in [-0.25, -0.2) is 11.6 Å². The van der Waals surface area contributed by atoms with Crippen LogP contribution in [0.1, 0.15) is 20.3 Å². The molecule has 0 radical (unpaired) electrons. The highest BCUT2D eigenvalue weighted by atomic mass is 32.2. The van der Waals surface area contributed by atoms with Crippen molar-refractivity contribution in [3.8, 4) is 0 Å². The van der Waals surface area contributed by atoms with E-state index in [1.807, 2.05) is 0 Å². The summed E-state index contributed by atoms with van der Waals surface area (Å²) >= 11 is 2.08. The normalized spacial score (nSPS) is 9.38. The molecule has 0 aliphatic rings. The second-order valence-corrected chi connectivity index (χ2v) is 3.64. The molecule has 0 aromatic carbocycles. The third kappa shape index (κ3) is 4.57. The van der Waals surface area contributed by atoms with E-state index in [1.165, 1.54) is 18.5 Å². The molecule has 2 heteroatoms. The molecule has 8 heavy (non-hydrogen) atoms. The summed E-state index contributed by atoms with van der Waals surface area (Å²) in [6.45, 7) is 6.77. The van der Waals surface area contributed by atoms with Gasteiger partial charge in [0.05, 0.1) is 0 Å². The van der Waals surface area contributed by atoms with Crippen LogP contribution >= 0.6 is 11.6 Å². The molecule has 0 saturated heterocycles. The molecule has 0 aromatic heterocycles. The average molecular weight is 130 g/mol. The van der Waals surface area contributed by atoms with E-state index in [0.717, 1.165) is 5.99 Å². The zero-order valence-electron chi connectivity index (χ0n) is 6.11. The Balaban J connectivity index is 2.86. The maximum Gasteiger partial charge on any atom is 0.206 e. The summed E-state index contributed by atoms with van der Waals surface area (Å²) in [5, 5.41) is 0. The maximum absolute atomic E-state index is 2.29. The minimum atomic E-state index is 0.870. The molecular formula is C6H15BS. The molecule has 0 fully saturated rings. The molecule has 0 spiro atoms. The van der Waals surface area contributed by atoms with Crippen LogP contribution < -0.4 is 0 Å². The lowest BCUT2D eigenvalue weighted by Crippen LogP contribution is -1.98. The lowest BCUT2D eigenvalue weighted by molar-refractivity contribution is 1.11. The summed E-state index contributed by atoms with van der Waals surface area (Å²) in [6, 6.07) is 0. The molecule has 0 atom stereocenters. The Morgan fingerprint density at radius 1 is 1.38 bits per heavy atom. The number of hydrogen-bond donors (Lipinski definition) is 0. The highest BCUT2D eigenvalue weighted by molar-refractivity contribution is 8.25. The van der Waals surface area contributed by atoms with Crippen molar-refractivity contribution < 1.29 is 0 Å². The summed E-state index contributed by atoms with van der Waals surface area (Å²) in [7, 11) is 0. The molecule has 0 aliphatic heterocycles. The highest BCUT2D eigenvalue weighted by Gasteiger charge is 2.00. The summed E-state index contributed by atoms with van der Waals surface area (Å²) in [5.41, 5.74) is 0. The van der Waals surface area contributed by atoms with Crippen LogP contribution in [0.25, 0.3) is 0 Å². The molecule has 0 aliphatic carbocycles. The van der Waals surface area contributed by atoms with Crippen LogP contribution in [0.15, 0.2) is 0 Å². The Hall–Kier alpha value is 0.415. The van der Waals surface area contributed by atoms with Gasteiger partial charge in [-0.3, -0.25) is 0 Å². The fourth-order valence-electron chi connectivity index (χ4n) is 0.437. The molecular weight excluding hydrogens is 115 g/mol. The SMILES string of the molecule is CCCSB(C)CC. The van der Waals surface area contributed by atoms with Crippen LogP contribution in [0, 0.1) is 0 Å². The van der Waals surface area contributed by atoms with Gasteiger partial charge >= 0.3 is 0 Å². The Morgan fingerprint density at radius 2 is 2.00 bits per heavy atom. The molecule has 0 unspecified atom stereocenters. The molecule has 0 heterocycles. The lowest BCUT2D eigenvalue weighted by Gasteiger charge is -2.00. The molecule has 0 nitrogen and oxygen atoms in total. The average Bonchev–Trinajstić information content (AvgIpc) is 1.83. The first-order chi connectivity index (χ1) is 3.81. The van der Waals surface area contributed by atoms with Gasteiger partial charge in [-0.1, -0.05) is 27.0 Å². The van der Waals surface area contributed by atoms with Gasteiger partial charge in [-0.05, 0) is 12.2 Å². The van der Waals surface area contributed by atoms with Crippen LogP contribution in [0.2, 0.25) is 13.1 Å². The van der Waals surface area contributed by atoms with Crippen LogP contribution in [0.4, 0.5) is 0 Å². The van der Waals surface area contributed by atoms with E-state index < -0.39 is 0 Å². The topological polar surface area (TPSA) is 0 Å². The van der Waals surface area contributed by atoms with E-state index in [-0.39, 0.29) is 0 Å². The molecule has 0 aromatic rings. The first kappa shape index (κ1) is 8.41. The summed E-state index contributed by atoms with van der Waals surface area (Å²) in [4.78, 5) is 0. The van der Waals surface area contributed by atoms with Crippen LogP contribution in [0.3, 0.4) is 0 Å². The molecule has 0 saturated carbocycles. The fourth-order valence-corrected chi connectivity index (χ4v) is 1.31. The third-order valence-electron chi connectivity index (χ3n) is 1.18. The quantitative estimate of drug-likeness (QED) is 0.527.